The van der Waals surface area contributed by atoms with Crippen molar-refractivity contribution < 1.29 is 9.90 Å². The van der Waals surface area contributed by atoms with Gasteiger partial charge in [0.25, 0.3) is 0 Å². The molecule has 3 rings (SSSR count). The van der Waals surface area contributed by atoms with Crippen LogP contribution in [0, 0.1) is 19.3 Å². The summed E-state index contributed by atoms with van der Waals surface area (Å²) in [5.41, 5.74) is 3.31. The van der Waals surface area contributed by atoms with E-state index in [2.05, 4.69) is 40.9 Å². The molecule has 1 aliphatic rings. The van der Waals surface area contributed by atoms with Gasteiger partial charge in [-0.2, -0.15) is 0 Å². The van der Waals surface area contributed by atoms with Crippen molar-refractivity contribution in [2.75, 3.05) is 11.9 Å². The first-order chi connectivity index (χ1) is 14.2. The predicted molar refractivity (Wildman–Crippen MR) is 120 cm³/mol. The van der Waals surface area contributed by atoms with Crippen LogP contribution in [-0.2, 0) is 11.2 Å². The molecule has 1 fully saturated rings. The van der Waals surface area contributed by atoms with Gasteiger partial charge < -0.3 is 15.0 Å². The maximum absolute atomic E-state index is 12.7. The molecule has 164 valence electrons. The normalized spacial score (nSPS) is 15.3. The topological polar surface area (TPSA) is 80.0 Å². The summed E-state index contributed by atoms with van der Waals surface area (Å²) in [6, 6.07) is 6.37. The van der Waals surface area contributed by atoms with Crippen LogP contribution in [0.15, 0.2) is 18.2 Å². The Hall–Kier alpha value is -2.21. The van der Waals surface area contributed by atoms with Crippen molar-refractivity contribution in [3.63, 3.8) is 0 Å². The minimum atomic E-state index is -0.347. The number of benzene rings is 1. The van der Waals surface area contributed by atoms with E-state index in [1.165, 1.54) is 0 Å². The van der Waals surface area contributed by atoms with Crippen LogP contribution in [-0.4, -0.2) is 32.4 Å². The molecule has 0 spiro atoms. The number of nitrogens with zero attached hydrogens (tertiary/aromatic N) is 3. The number of rotatable bonds is 9. The van der Waals surface area contributed by atoms with E-state index in [-0.39, 0.29) is 24.9 Å². The Balaban J connectivity index is 1.70. The van der Waals surface area contributed by atoms with Crippen LogP contribution in [0.5, 0.6) is 0 Å². The minimum absolute atomic E-state index is 0.111. The third kappa shape index (κ3) is 5.91. The average molecular weight is 413 g/mol. The Kier molecular flexibility index (Phi) is 6.96. The number of nitrogens with one attached hydrogen (secondary N) is 1. The minimum Gasteiger partial charge on any atom is -0.396 e. The number of anilines is 1. The van der Waals surface area contributed by atoms with Crippen LogP contribution in [0.3, 0.4) is 0 Å². The lowest BCUT2D eigenvalue weighted by molar-refractivity contribution is -0.116. The first-order valence-corrected chi connectivity index (χ1v) is 11.1. The maximum atomic E-state index is 12.7. The number of aliphatic hydroxyl groups is 1. The summed E-state index contributed by atoms with van der Waals surface area (Å²) in [6.45, 7) is 10.7. The maximum Gasteiger partial charge on any atom is 0.225 e. The summed E-state index contributed by atoms with van der Waals surface area (Å²) in [5, 5.41) is 21.9. The smallest absolute Gasteiger partial charge is 0.225 e. The van der Waals surface area contributed by atoms with E-state index in [1.807, 2.05) is 32.0 Å². The van der Waals surface area contributed by atoms with E-state index in [0.717, 1.165) is 60.6 Å². The summed E-state index contributed by atoms with van der Waals surface area (Å²) in [6.07, 6.45) is 5.49. The Morgan fingerprint density at radius 2 is 2.00 bits per heavy atom. The number of aromatic nitrogens is 3. The van der Waals surface area contributed by atoms with Crippen LogP contribution < -0.4 is 5.32 Å². The van der Waals surface area contributed by atoms with Crippen molar-refractivity contribution in [1.29, 1.82) is 0 Å². The zero-order chi connectivity index (χ0) is 21.9. The molecule has 1 amide bonds. The molecule has 0 radical (unpaired) electrons. The molecule has 1 unspecified atom stereocenters. The Bertz CT molecular complexity index is 878. The van der Waals surface area contributed by atoms with Crippen molar-refractivity contribution in [3.05, 3.63) is 41.0 Å². The van der Waals surface area contributed by atoms with E-state index < -0.39 is 0 Å². The molecule has 1 aliphatic carbocycles. The first-order valence-electron chi connectivity index (χ1n) is 11.1. The molecule has 1 heterocycles. The molecule has 0 saturated heterocycles. The van der Waals surface area contributed by atoms with Gasteiger partial charge in [0.05, 0.1) is 12.5 Å². The fourth-order valence-electron chi connectivity index (χ4n) is 3.91. The van der Waals surface area contributed by atoms with Crippen LogP contribution in [0.4, 0.5) is 5.69 Å². The number of aryl methyl sites for hydroxylation is 3. The highest BCUT2D eigenvalue weighted by Gasteiger charge is 2.32. The highest BCUT2D eigenvalue weighted by molar-refractivity contribution is 5.92. The lowest BCUT2D eigenvalue weighted by Gasteiger charge is -2.19. The van der Waals surface area contributed by atoms with Crippen molar-refractivity contribution in [2.45, 2.75) is 85.1 Å². The third-order valence-electron chi connectivity index (χ3n) is 5.71. The number of amides is 1. The fraction of sp³-hybridized carbons (Fsp3) is 0.625. The van der Waals surface area contributed by atoms with Crippen molar-refractivity contribution in [2.24, 2.45) is 5.41 Å². The summed E-state index contributed by atoms with van der Waals surface area (Å²) in [7, 11) is 0. The van der Waals surface area contributed by atoms with Gasteiger partial charge in [-0.3, -0.25) is 4.79 Å². The van der Waals surface area contributed by atoms with Crippen molar-refractivity contribution >= 4 is 11.6 Å². The van der Waals surface area contributed by atoms with Gasteiger partial charge in [-0.15, -0.1) is 10.2 Å². The molecule has 1 saturated carbocycles. The number of hydrogen-bond donors (Lipinski definition) is 2. The summed E-state index contributed by atoms with van der Waals surface area (Å²) in [4.78, 5) is 12.7. The Morgan fingerprint density at radius 1 is 1.27 bits per heavy atom. The lowest BCUT2D eigenvalue weighted by atomic mass is 9.90. The number of carbonyl (C=O) groups excluding carboxylic acids is 1. The molecule has 1 atom stereocenters. The molecule has 1 aromatic carbocycles. The largest absolute Gasteiger partial charge is 0.396 e. The van der Waals surface area contributed by atoms with Gasteiger partial charge in [-0.25, -0.2) is 0 Å². The van der Waals surface area contributed by atoms with Gasteiger partial charge in [0.2, 0.25) is 5.91 Å². The van der Waals surface area contributed by atoms with Gasteiger partial charge in [-0.1, -0.05) is 38.5 Å². The standard InChI is InChI=1S/C24H36N4O2/c1-16-8-11-20(17(2)13-16)25-22(30)14-18(15-29)23-27-26-21(28(23)19-9-10-19)7-6-12-24(3,4)5/h8,11,13,18-19,29H,6-7,9-10,12,14-15H2,1-5H3,(H,25,30). The van der Waals surface area contributed by atoms with Gasteiger partial charge in [-0.05, 0) is 56.6 Å². The highest BCUT2D eigenvalue weighted by Crippen LogP contribution is 2.39. The van der Waals surface area contributed by atoms with Gasteiger partial charge in [0, 0.05) is 24.6 Å². The third-order valence-corrected chi connectivity index (χ3v) is 5.71. The SMILES string of the molecule is Cc1ccc(NC(=O)CC(CO)c2nnc(CCCC(C)(C)C)n2C2CC2)c(C)c1. The van der Waals surface area contributed by atoms with Crippen LogP contribution in [0.1, 0.15) is 87.6 Å². The summed E-state index contributed by atoms with van der Waals surface area (Å²) >= 11 is 0. The van der Waals surface area contributed by atoms with Gasteiger partial charge in [0.1, 0.15) is 11.6 Å². The van der Waals surface area contributed by atoms with E-state index in [0.29, 0.717) is 11.5 Å². The van der Waals surface area contributed by atoms with Crippen LogP contribution in [0.25, 0.3) is 0 Å². The van der Waals surface area contributed by atoms with Gasteiger partial charge in [0.15, 0.2) is 0 Å². The number of carbonyl (C=O) groups is 1. The Morgan fingerprint density at radius 3 is 2.60 bits per heavy atom. The molecule has 2 aromatic rings. The molecule has 30 heavy (non-hydrogen) atoms. The zero-order valence-corrected chi connectivity index (χ0v) is 19.0. The quantitative estimate of drug-likeness (QED) is 0.625. The zero-order valence-electron chi connectivity index (χ0n) is 19.0. The van der Waals surface area contributed by atoms with Gasteiger partial charge >= 0.3 is 0 Å². The second kappa shape index (κ2) is 9.29. The van der Waals surface area contributed by atoms with Crippen LogP contribution in [0.2, 0.25) is 0 Å². The number of aliphatic hydroxyl groups excluding tert-OH is 1. The molecule has 1 aromatic heterocycles. The molecule has 2 N–H and O–H groups in total. The van der Waals surface area contributed by atoms with Crippen molar-refractivity contribution in [3.8, 4) is 0 Å². The average Bonchev–Trinajstić information content (AvgIpc) is 3.41. The van der Waals surface area contributed by atoms with E-state index >= 15 is 0 Å². The highest BCUT2D eigenvalue weighted by atomic mass is 16.3. The lowest BCUT2D eigenvalue weighted by Crippen LogP contribution is -2.21. The summed E-state index contributed by atoms with van der Waals surface area (Å²) < 4.78 is 2.20. The van der Waals surface area contributed by atoms with E-state index in [9.17, 15) is 9.90 Å². The van der Waals surface area contributed by atoms with E-state index in [1.54, 1.807) is 0 Å². The molecule has 6 nitrogen and oxygen atoms in total. The number of hydrogen-bond acceptors (Lipinski definition) is 4. The molecule has 0 bridgehead atoms. The molecule has 0 aliphatic heterocycles. The van der Waals surface area contributed by atoms with E-state index in [4.69, 9.17) is 0 Å². The summed E-state index contributed by atoms with van der Waals surface area (Å²) in [5.74, 6) is 1.28. The molecular weight excluding hydrogens is 376 g/mol. The first kappa shape index (κ1) is 22.5. The van der Waals surface area contributed by atoms with Crippen molar-refractivity contribution in [1.82, 2.24) is 14.8 Å². The monoisotopic (exact) mass is 412 g/mol. The Labute approximate surface area is 180 Å². The fourth-order valence-corrected chi connectivity index (χ4v) is 3.91. The second-order valence-corrected chi connectivity index (χ2v) is 9.94. The predicted octanol–water partition coefficient (Wildman–Crippen LogP) is 4.70. The molecule has 6 heteroatoms. The molecular formula is C24H36N4O2. The second-order valence-electron chi connectivity index (χ2n) is 9.94. The van der Waals surface area contributed by atoms with Crippen LogP contribution >= 0.6 is 0 Å².